The van der Waals surface area contributed by atoms with Crippen LogP contribution in [0, 0.1) is 0 Å². The highest BCUT2D eigenvalue weighted by atomic mass is 15.3. The Morgan fingerprint density at radius 2 is 1.74 bits per heavy atom. The van der Waals surface area contributed by atoms with Crippen molar-refractivity contribution in [3.8, 4) is 11.3 Å². The van der Waals surface area contributed by atoms with Crippen molar-refractivity contribution in [2.75, 3.05) is 0 Å². The Kier molecular flexibility index (Phi) is 4.08. The smallest absolute Gasteiger partial charge is 0.0923 e. The second-order valence-corrected chi connectivity index (χ2v) is 6.14. The van der Waals surface area contributed by atoms with E-state index in [0.29, 0.717) is 0 Å². The minimum Gasteiger partial charge on any atom is -0.272 e. The second kappa shape index (κ2) is 5.60. The first-order valence-electron chi connectivity index (χ1n) is 7.15. The molecule has 0 saturated carbocycles. The molecule has 0 amide bonds. The number of rotatable bonds is 4. The molecular weight excluding hydrogens is 232 g/mol. The molecule has 1 aromatic carbocycles. The summed E-state index contributed by atoms with van der Waals surface area (Å²) in [6, 6.07) is 10.9. The molecule has 0 aliphatic rings. The first-order valence-corrected chi connectivity index (χ1v) is 7.15. The third-order valence-corrected chi connectivity index (χ3v) is 3.43. The zero-order valence-corrected chi connectivity index (χ0v) is 12.5. The topological polar surface area (TPSA) is 17.8 Å². The highest BCUT2D eigenvalue weighted by Gasteiger charge is 2.13. The lowest BCUT2D eigenvalue weighted by molar-refractivity contribution is 0.573. The van der Waals surface area contributed by atoms with E-state index in [4.69, 9.17) is 0 Å². The van der Waals surface area contributed by atoms with Gasteiger partial charge in [0.2, 0.25) is 0 Å². The van der Waals surface area contributed by atoms with Crippen molar-refractivity contribution in [2.45, 2.75) is 52.5 Å². The van der Waals surface area contributed by atoms with Gasteiger partial charge in [-0.25, -0.2) is 0 Å². The fourth-order valence-corrected chi connectivity index (χ4v) is 2.10. The Balaban J connectivity index is 2.16. The molecule has 0 radical (unpaired) electrons. The van der Waals surface area contributed by atoms with Crippen LogP contribution in [-0.2, 0) is 12.0 Å². The second-order valence-electron chi connectivity index (χ2n) is 6.14. The van der Waals surface area contributed by atoms with E-state index in [1.807, 2.05) is 4.68 Å². The minimum absolute atomic E-state index is 0.207. The molecule has 102 valence electrons. The predicted octanol–water partition coefficient (Wildman–Crippen LogP) is 4.65. The van der Waals surface area contributed by atoms with Gasteiger partial charge in [-0.15, -0.1) is 0 Å². The molecule has 2 heteroatoms. The van der Waals surface area contributed by atoms with E-state index in [-0.39, 0.29) is 5.41 Å². The maximum absolute atomic E-state index is 4.63. The van der Waals surface area contributed by atoms with Gasteiger partial charge in [-0.3, -0.25) is 4.68 Å². The maximum Gasteiger partial charge on any atom is 0.0923 e. The molecule has 0 N–H and O–H groups in total. The van der Waals surface area contributed by atoms with Crippen molar-refractivity contribution in [2.24, 2.45) is 0 Å². The third kappa shape index (κ3) is 3.46. The normalized spacial score (nSPS) is 11.8. The number of nitrogens with zero attached hydrogens (tertiary/aromatic N) is 2. The SMILES string of the molecule is CCCCn1ccc(-c2ccc(C(C)(C)C)cc2)n1. The van der Waals surface area contributed by atoms with E-state index in [1.165, 1.54) is 24.0 Å². The van der Waals surface area contributed by atoms with Crippen LogP contribution in [0.25, 0.3) is 11.3 Å². The van der Waals surface area contributed by atoms with Crippen LogP contribution in [0.4, 0.5) is 0 Å². The van der Waals surface area contributed by atoms with Crippen LogP contribution in [0.15, 0.2) is 36.5 Å². The van der Waals surface area contributed by atoms with Crippen molar-refractivity contribution in [3.05, 3.63) is 42.1 Å². The number of unbranched alkanes of at least 4 members (excludes halogenated alkanes) is 1. The summed E-state index contributed by atoms with van der Waals surface area (Å²) in [7, 11) is 0. The van der Waals surface area contributed by atoms with Crippen molar-refractivity contribution < 1.29 is 0 Å². The molecule has 1 aromatic heterocycles. The molecule has 2 nitrogen and oxygen atoms in total. The molecule has 0 spiro atoms. The van der Waals surface area contributed by atoms with Gasteiger partial charge in [0.15, 0.2) is 0 Å². The van der Waals surface area contributed by atoms with Gasteiger partial charge in [0, 0.05) is 18.3 Å². The Hall–Kier alpha value is -1.57. The minimum atomic E-state index is 0.207. The summed E-state index contributed by atoms with van der Waals surface area (Å²) in [6.07, 6.45) is 4.46. The van der Waals surface area contributed by atoms with Gasteiger partial charge in [0.1, 0.15) is 0 Å². The average molecular weight is 256 g/mol. The lowest BCUT2D eigenvalue weighted by Gasteiger charge is -2.18. The Morgan fingerprint density at radius 3 is 2.32 bits per heavy atom. The van der Waals surface area contributed by atoms with Gasteiger partial charge in [0.05, 0.1) is 5.69 Å². The maximum atomic E-state index is 4.63. The van der Waals surface area contributed by atoms with Crippen LogP contribution < -0.4 is 0 Å². The Morgan fingerprint density at radius 1 is 1.05 bits per heavy atom. The summed E-state index contributed by atoms with van der Waals surface area (Å²) in [6.45, 7) is 9.93. The van der Waals surface area contributed by atoms with Crippen molar-refractivity contribution in [1.82, 2.24) is 9.78 Å². The summed E-state index contributed by atoms with van der Waals surface area (Å²) in [5, 5.41) is 4.63. The van der Waals surface area contributed by atoms with Crippen LogP contribution in [0.5, 0.6) is 0 Å². The van der Waals surface area contributed by atoms with Gasteiger partial charge in [-0.2, -0.15) is 5.10 Å². The molecule has 0 aliphatic carbocycles. The van der Waals surface area contributed by atoms with Gasteiger partial charge >= 0.3 is 0 Å². The first-order chi connectivity index (χ1) is 9.00. The van der Waals surface area contributed by atoms with Crippen LogP contribution >= 0.6 is 0 Å². The summed E-state index contributed by atoms with van der Waals surface area (Å²) >= 11 is 0. The third-order valence-electron chi connectivity index (χ3n) is 3.43. The van der Waals surface area contributed by atoms with Crippen molar-refractivity contribution >= 4 is 0 Å². The van der Waals surface area contributed by atoms with Crippen LogP contribution in [0.1, 0.15) is 46.1 Å². The zero-order valence-electron chi connectivity index (χ0n) is 12.5. The van der Waals surface area contributed by atoms with Gasteiger partial charge in [-0.1, -0.05) is 58.4 Å². The molecule has 19 heavy (non-hydrogen) atoms. The highest BCUT2D eigenvalue weighted by Crippen LogP contribution is 2.25. The quantitative estimate of drug-likeness (QED) is 0.778. The molecule has 0 fully saturated rings. The van der Waals surface area contributed by atoms with Gasteiger partial charge in [0.25, 0.3) is 0 Å². The predicted molar refractivity (Wildman–Crippen MR) is 81.3 cm³/mol. The van der Waals surface area contributed by atoms with E-state index >= 15 is 0 Å². The Bertz CT molecular complexity index is 515. The number of hydrogen-bond acceptors (Lipinski definition) is 1. The van der Waals surface area contributed by atoms with E-state index in [2.05, 4.69) is 69.3 Å². The van der Waals surface area contributed by atoms with Crippen molar-refractivity contribution in [3.63, 3.8) is 0 Å². The van der Waals surface area contributed by atoms with E-state index < -0.39 is 0 Å². The van der Waals surface area contributed by atoms with E-state index in [9.17, 15) is 0 Å². The molecule has 2 rings (SSSR count). The summed E-state index contributed by atoms with van der Waals surface area (Å²) in [5.41, 5.74) is 3.83. The molecule has 0 bridgehead atoms. The average Bonchev–Trinajstić information content (AvgIpc) is 2.84. The number of benzene rings is 1. The van der Waals surface area contributed by atoms with Crippen LogP contribution in [0.3, 0.4) is 0 Å². The van der Waals surface area contributed by atoms with Crippen LogP contribution in [0.2, 0.25) is 0 Å². The Labute approximate surface area is 116 Å². The fraction of sp³-hybridized carbons (Fsp3) is 0.471. The molecule has 0 atom stereocenters. The number of aromatic nitrogens is 2. The molecule has 1 heterocycles. The number of aryl methyl sites for hydroxylation is 1. The first kappa shape index (κ1) is 13.9. The lowest BCUT2D eigenvalue weighted by atomic mass is 9.86. The van der Waals surface area contributed by atoms with Crippen LogP contribution in [-0.4, -0.2) is 9.78 Å². The molecule has 0 saturated heterocycles. The van der Waals surface area contributed by atoms with Gasteiger partial charge < -0.3 is 0 Å². The summed E-state index contributed by atoms with van der Waals surface area (Å²) in [4.78, 5) is 0. The van der Waals surface area contributed by atoms with Gasteiger partial charge in [-0.05, 0) is 23.5 Å². The highest BCUT2D eigenvalue weighted by molar-refractivity contribution is 5.59. The monoisotopic (exact) mass is 256 g/mol. The largest absolute Gasteiger partial charge is 0.272 e. The summed E-state index contributed by atoms with van der Waals surface area (Å²) in [5.74, 6) is 0. The van der Waals surface area contributed by atoms with E-state index in [1.54, 1.807) is 0 Å². The van der Waals surface area contributed by atoms with Crippen molar-refractivity contribution in [1.29, 1.82) is 0 Å². The lowest BCUT2D eigenvalue weighted by Crippen LogP contribution is -2.10. The molecular formula is C17H24N2. The summed E-state index contributed by atoms with van der Waals surface area (Å²) < 4.78 is 2.04. The fourth-order valence-electron chi connectivity index (χ4n) is 2.10. The molecule has 0 aliphatic heterocycles. The molecule has 2 aromatic rings. The van der Waals surface area contributed by atoms with E-state index in [0.717, 1.165) is 12.2 Å². The molecule has 0 unspecified atom stereocenters. The number of hydrogen-bond donors (Lipinski definition) is 0. The zero-order chi connectivity index (χ0) is 13.9. The standard InChI is InChI=1S/C17H24N2/c1-5-6-12-19-13-11-16(18-19)14-7-9-15(10-8-14)17(2,3)4/h7-11,13H,5-6,12H2,1-4H3.